The molecule has 2 aromatic heterocycles. The molecule has 4 nitrogen and oxygen atoms in total. The molecule has 5 heteroatoms. The molecular weight excluding hydrogens is 363 g/mol. The number of pyridine rings is 1. The highest BCUT2D eigenvalue weighted by Crippen LogP contribution is 2.18. The van der Waals surface area contributed by atoms with Crippen LogP contribution in [0.5, 0.6) is 0 Å². The zero-order chi connectivity index (χ0) is 14.1. The maximum Gasteiger partial charge on any atom is 0.157 e. The summed E-state index contributed by atoms with van der Waals surface area (Å²) in [6, 6.07) is 10.5. The lowest BCUT2D eigenvalue weighted by Crippen LogP contribution is -2.00. The number of halogens is 1. The maximum absolute atomic E-state index is 4.49. The normalized spacial score (nSPS) is 10.9. The summed E-state index contributed by atoms with van der Waals surface area (Å²) in [7, 11) is 1.92. The van der Waals surface area contributed by atoms with Crippen molar-refractivity contribution in [1.82, 2.24) is 14.8 Å². The van der Waals surface area contributed by atoms with Crippen LogP contribution in [-0.4, -0.2) is 14.8 Å². The summed E-state index contributed by atoms with van der Waals surface area (Å²) in [5, 5.41) is 8.92. The van der Waals surface area contributed by atoms with E-state index in [0.717, 1.165) is 34.5 Å². The van der Waals surface area contributed by atoms with Gasteiger partial charge in [0.15, 0.2) is 5.65 Å². The number of fused-ring (bicyclic) bond motifs is 1. The number of benzene rings is 1. The number of nitrogens with one attached hydrogen (secondary N) is 1. The molecule has 0 bridgehead atoms. The fraction of sp³-hybridized carbons (Fsp3) is 0.200. The molecule has 0 aliphatic heterocycles. The minimum absolute atomic E-state index is 0.762. The monoisotopic (exact) mass is 378 g/mol. The third-order valence-electron chi connectivity index (χ3n) is 3.26. The Bertz CT molecular complexity index is 746. The smallest absolute Gasteiger partial charge is 0.157 e. The van der Waals surface area contributed by atoms with Crippen molar-refractivity contribution in [3.05, 3.63) is 51.4 Å². The SMILES string of the molecule is Cc1nn(C)c2ncc(CNc3ccc(I)cc3)cc12. The van der Waals surface area contributed by atoms with Crippen LogP contribution in [0.2, 0.25) is 0 Å². The van der Waals surface area contributed by atoms with E-state index in [2.05, 4.69) is 68.3 Å². The van der Waals surface area contributed by atoms with Crippen LogP contribution >= 0.6 is 22.6 Å². The van der Waals surface area contributed by atoms with E-state index in [4.69, 9.17) is 0 Å². The molecule has 0 fully saturated rings. The molecule has 1 N–H and O–H groups in total. The molecule has 0 unspecified atom stereocenters. The molecule has 0 amide bonds. The Hall–Kier alpha value is -1.63. The second-order valence-corrected chi connectivity index (χ2v) is 6.03. The Morgan fingerprint density at radius 3 is 2.75 bits per heavy atom. The first-order valence-corrected chi connectivity index (χ1v) is 7.49. The summed E-state index contributed by atoms with van der Waals surface area (Å²) in [6.07, 6.45) is 1.91. The average molecular weight is 378 g/mol. The Kier molecular flexibility index (Phi) is 3.60. The van der Waals surface area contributed by atoms with Crippen molar-refractivity contribution < 1.29 is 0 Å². The van der Waals surface area contributed by atoms with Crippen LogP contribution in [0.4, 0.5) is 5.69 Å². The van der Waals surface area contributed by atoms with Gasteiger partial charge in [0.25, 0.3) is 0 Å². The van der Waals surface area contributed by atoms with Gasteiger partial charge in [0, 0.05) is 34.4 Å². The fourth-order valence-corrected chi connectivity index (χ4v) is 2.58. The lowest BCUT2D eigenvalue weighted by Gasteiger charge is -2.06. The molecule has 2 heterocycles. The first-order chi connectivity index (χ1) is 9.63. The molecule has 3 rings (SSSR count). The summed E-state index contributed by atoms with van der Waals surface area (Å²) in [4.78, 5) is 4.49. The summed E-state index contributed by atoms with van der Waals surface area (Å²) < 4.78 is 3.06. The summed E-state index contributed by atoms with van der Waals surface area (Å²) in [5.74, 6) is 0. The molecule has 3 aromatic rings. The predicted octanol–water partition coefficient (Wildman–Crippen LogP) is 3.49. The number of hydrogen-bond acceptors (Lipinski definition) is 3. The second-order valence-electron chi connectivity index (χ2n) is 4.78. The van der Waals surface area contributed by atoms with Gasteiger partial charge < -0.3 is 5.32 Å². The summed E-state index contributed by atoms with van der Waals surface area (Å²) in [5.41, 5.74) is 4.23. The average Bonchev–Trinajstić information content (AvgIpc) is 2.73. The highest BCUT2D eigenvalue weighted by Gasteiger charge is 2.06. The third-order valence-corrected chi connectivity index (χ3v) is 3.98. The van der Waals surface area contributed by atoms with E-state index in [1.807, 2.05) is 24.9 Å². The lowest BCUT2D eigenvalue weighted by atomic mass is 10.2. The highest BCUT2D eigenvalue weighted by molar-refractivity contribution is 14.1. The Morgan fingerprint density at radius 1 is 1.25 bits per heavy atom. The van der Waals surface area contributed by atoms with Gasteiger partial charge >= 0.3 is 0 Å². The first-order valence-electron chi connectivity index (χ1n) is 6.41. The van der Waals surface area contributed by atoms with Gasteiger partial charge in [-0.15, -0.1) is 0 Å². The molecule has 0 aliphatic rings. The second kappa shape index (κ2) is 5.40. The van der Waals surface area contributed by atoms with Gasteiger partial charge in [-0.3, -0.25) is 4.68 Å². The van der Waals surface area contributed by atoms with Crippen LogP contribution in [0.25, 0.3) is 11.0 Å². The Balaban J connectivity index is 1.80. The number of rotatable bonds is 3. The topological polar surface area (TPSA) is 42.7 Å². The lowest BCUT2D eigenvalue weighted by molar-refractivity contribution is 0.773. The van der Waals surface area contributed by atoms with Crippen molar-refractivity contribution in [2.75, 3.05) is 5.32 Å². The quantitative estimate of drug-likeness (QED) is 0.710. The molecule has 0 aliphatic carbocycles. The molecule has 102 valence electrons. The number of aryl methyl sites for hydroxylation is 2. The molecule has 0 saturated carbocycles. The van der Waals surface area contributed by atoms with Gasteiger partial charge in [-0.1, -0.05) is 0 Å². The third kappa shape index (κ3) is 2.63. The summed E-state index contributed by atoms with van der Waals surface area (Å²) in [6.45, 7) is 2.78. The molecular formula is C15H15IN4. The Labute approximate surface area is 131 Å². The Morgan fingerprint density at radius 2 is 2.00 bits per heavy atom. The number of aromatic nitrogens is 3. The number of nitrogens with zero attached hydrogens (tertiary/aromatic N) is 3. The molecule has 0 spiro atoms. The van der Waals surface area contributed by atoms with E-state index in [-0.39, 0.29) is 0 Å². The maximum atomic E-state index is 4.49. The van der Waals surface area contributed by atoms with Crippen molar-refractivity contribution in [2.24, 2.45) is 7.05 Å². The molecule has 0 saturated heterocycles. The molecule has 0 atom stereocenters. The fourth-order valence-electron chi connectivity index (χ4n) is 2.22. The van der Waals surface area contributed by atoms with Gasteiger partial charge in [0.2, 0.25) is 0 Å². The first kappa shape index (κ1) is 13.4. The van der Waals surface area contributed by atoms with Crippen molar-refractivity contribution in [3.8, 4) is 0 Å². The number of anilines is 1. The van der Waals surface area contributed by atoms with E-state index in [0.29, 0.717) is 0 Å². The van der Waals surface area contributed by atoms with Crippen LogP contribution in [0, 0.1) is 10.5 Å². The van der Waals surface area contributed by atoms with Crippen molar-refractivity contribution >= 4 is 39.3 Å². The molecule has 20 heavy (non-hydrogen) atoms. The predicted molar refractivity (Wildman–Crippen MR) is 89.7 cm³/mol. The van der Waals surface area contributed by atoms with Crippen molar-refractivity contribution in [2.45, 2.75) is 13.5 Å². The van der Waals surface area contributed by atoms with E-state index in [1.54, 1.807) is 0 Å². The minimum atomic E-state index is 0.762. The van der Waals surface area contributed by atoms with Gasteiger partial charge in [0.1, 0.15) is 0 Å². The molecule has 0 radical (unpaired) electrons. The van der Waals surface area contributed by atoms with E-state index < -0.39 is 0 Å². The van der Waals surface area contributed by atoms with Crippen LogP contribution in [0.1, 0.15) is 11.3 Å². The van der Waals surface area contributed by atoms with Gasteiger partial charge in [0.05, 0.1) is 5.69 Å². The van der Waals surface area contributed by atoms with Crippen LogP contribution < -0.4 is 5.32 Å². The van der Waals surface area contributed by atoms with Gasteiger partial charge in [-0.05, 0) is 65.4 Å². The van der Waals surface area contributed by atoms with Crippen molar-refractivity contribution in [3.63, 3.8) is 0 Å². The van der Waals surface area contributed by atoms with E-state index in [9.17, 15) is 0 Å². The van der Waals surface area contributed by atoms with Crippen LogP contribution in [-0.2, 0) is 13.6 Å². The standard InChI is InChI=1S/C15H15IN4/c1-10-14-7-11(9-18-15(14)20(2)19-10)8-17-13-5-3-12(16)4-6-13/h3-7,9,17H,8H2,1-2H3. The largest absolute Gasteiger partial charge is 0.381 e. The molecule has 1 aromatic carbocycles. The van der Waals surface area contributed by atoms with E-state index in [1.165, 1.54) is 3.57 Å². The number of hydrogen-bond donors (Lipinski definition) is 1. The highest BCUT2D eigenvalue weighted by atomic mass is 127. The van der Waals surface area contributed by atoms with Crippen LogP contribution in [0.15, 0.2) is 36.5 Å². The van der Waals surface area contributed by atoms with Crippen LogP contribution in [0.3, 0.4) is 0 Å². The van der Waals surface area contributed by atoms with Crippen molar-refractivity contribution in [1.29, 1.82) is 0 Å². The zero-order valence-corrected chi connectivity index (χ0v) is 13.5. The minimum Gasteiger partial charge on any atom is -0.381 e. The van der Waals surface area contributed by atoms with Gasteiger partial charge in [-0.25, -0.2) is 4.98 Å². The summed E-state index contributed by atoms with van der Waals surface area (Å²) >= 11 is 2.30. The zero-order valence-electron chi connectivity index (χ0n) is 11.4. The van der Waals surface area contributed by atoms with E-state index >= 15 is 0 Å². The van der Waals surface area contributed by atoms with Gasteiger partial charge in [-0.2, -0.15) is 5.10 Å².